The molecule has 0 bridgehead atoms. The molecule has 2 amide bonds. The SMILES string of the molecule is CC(=O)c1ccc(N2C(=O)[C@@H]3[C@H](C2=O)[C@@H]2c4ccccc4C=CN2[C@@H]3C#N)cc1. The molecular formula is C23H17N3O3. The summed E-state index contributed by atoms with van der Waals surface area (Å²) in [6, 6.07) is 15.4. The van der Waals surface area contributed by atoms with Crippen molar-refractivity contribution in [3.63, 3.8) is 0 Å². The van der Waals surface area contributed by atoms with Crippen LogP contribution in [0.15, 0.2) is 54.7 Å². The molecule has 2 saturated heterocycles. The summed E-state index contributed by atoms with van der Waals surface area (Å²) in [5.41, 5.74) is 2.90. The molecule has 2 fully saturated rings. The van der Waals surface area contributed by atoms with Crippen LogP contribution in [0.1, 0.15) is 34.5 Å². The molecule has 0 spiro atoms. The summed E-state index contributed by atoms with van der Waals surface area (Å²) in [6.45, 7) is 1.46. The molecule has 2 aromatic carbocycles. The topological polar surface area (TPSA) is 81.5 Å². The molecule has 5 rings (SSSR count). The van der Waals surface area contributed by atoms with Crippen molar-refractivity contribution in [3.05, 3.63) is 71.4 Å². The Hall–Kier alpha value is -3.72. The number of carbonyl (C=O) groups is 3. The maximum absolute atomic E-state index is 13.4. The zero-order chi connectivity index (χ0) is 20.3. The molecule has 142 valence electrons. The quantitative estimate of drug-likeness (QED) is 0.588. The standard InChI is InChI=1S/C23H17N3O3/c1-13(27)14-6-8-16(9-7-14)26-22(28)19-18(12-24)25-11-10-15-4-2-3-5-17(15)21(25)20(19)23(26)29/h2-11,18-21H,1H3/t18-,19+,20+,21+/m1/s1. The van der Waals surface area contributed by atoms with E-state index >= 15 is 0 Å². The summed E-state index contributed by atoms with van der Waals surface area (Å²) in [5.74, 6) is -2.08. The lowest BCUT2D eigenvalue weighted by molar-refractivity contribution is -0.123. The molecule has 29 heavy (non-hydrogen) atoms. The molecule has 0 saturated carbocycles. The lowest BCUT2D eigenvalue weighted by Gasteiger charge is -2.33. The smallest absolute Gasteiger partial charge is 0.240 e. The number of hydrogen-bond donors (Lipinski definition) is 0. The Bertz CT molecular complexity index is 1130. The first-order valence-electron chi connectivity index (χ1n) is 9.46. The van der Waals surface area contributed by atoms with Crippen LogP contribution >= 0.6 is 0 Å². The number of rotatable bonds is 2. The zero-order valence-electron chi connectivity index (χ0n) is 15.6. The van der Waals surface area contributed by atoms with Gasteiger partial charge in [0.25, 0.3) is 0 Å². The average Bonchev–Trinajstić information content (AvgIpc) is 3.20. The van der Waals surface area contributed by atoms with Crippen LogP contribution in [0, 0.1) is 23.2 Å². The largest absolute Gasteiger partial charge is 0.353 e. The van der Waals surface area contributed by atoms with Gasteiger partial charge in [-0.15, -0.1) is 0 Å². The van der Waals surface area contributed by atoms with Crippen LogP contribution in [0.3, 0.4) is 0 Å². The highest BCUT2D eigenvalue weighted by atomic mass is 16.2. The van der Waals surface area contributed by atoms with Crippen LogP contribution in [0.2, 0.25) is 0 Å². The van der Waals surface area contributed by atoms with Crippen molar-refractivity contribution in [2.75, 3.05) is 4.90 Å². The third-order valence-electron chi connectivity index (χ3n) is 6.13. The van der Waals surface area contributed by atoms with Gasteiger partial charge in [-0.3, -0.25) is 14.4 Å². The Labute approximate surface area is 167 Å². The van der Waals surface area contributed by atoms with E-state index in [0.29, 0.717) is 11.3 Å². The number of nitriles is 1. The second-order valence-corrected chi connectivity index (χ2v) is 7.58. The number of fused-ring (bicyclic) bond motifs is 5. The Kier molecular flexibility index (Phi) is 3.68. The first kappa shape index (κ1) is 17.4. The molecule has 6 heteroatoms. The van der Waals surface area contributed by atoms with Gasteiger partial charge < -0.3 is 4.90 Å². The van der Waals surface area contributed by atoms with E-state index in [9.17, 15) is 19.6 Å². The Balaban J connectivity index is 1.59. The van der Waals surface area contributed by atoms with Crippen molar-refractivity contribution in [2.45, 2.75) is 19.0 Å². The summed E-state index contributed by atoms with van der Waals surface area (Å²) in [4.78, 5) is 41.3. The number of nitrogens with zero attached hydrogens (tertiary/aromatic N) is 3. The molecule has 0 N–H and O–H groups in total. The van der Waals surface area contributed by atoms with Gasteiger partial charge in [-0.05, 0) is 48.4 Å². The lowest BCUT2D eigenvalue weighted by Crippen LogP contribution is -2.40. The minimum absolute atomic E-state index is 0.0849. The van der Waals surface area contributed by atoms with E-state index in [0.717, 1.165) is 11.1 Å². The summed E-state index contributed by atoms with van der Waals surface area (Å²) in [6.07, 6.45) is 3.75. The van der Waals surface area contributed by atoms with Gasteiger partial charge in [-0.1, -0.05) is 24.3 Å². The highest BCUT2D eigenvalue weighted by molar-refractivity contribution is 6.23. The number of benzene rings is 2. The van der Waals surface area contributed by atoms with Gasteiger partial charge in [0.15, 0.2) is 5.78 Å². The minimum atomic E-state index is -0.721. The monoisotopic (exact) mass is 383 g/mol. The summed E-state index contributed by atoms with van der Waals surface area (Å²) < 4.78 is 0. The highest BCUT2D eigenvalue weighted by Crippen LogP contribution is 2.52. The van der Waals surface area contributed by atoms with Crippen molar-refractivity contribution >= 4 is 29.4 Å². The van der Waals surface area contributed by atoms with Crippen LogP contribution in [-0.4, -0.2) is 28.5 Å². The van der Waals surface area contributed by atoms with Crippen molar-refractivity contribution in [1.82, 2.24) is 4.90 Å². The van der Waals surface area contributed by atoms with Gasteiger partial charge in [0.2, 0.25) is 11.8 Å². The van der Waals surface area contributed by atoms with E-state index in [1.165, 1.54) is 11.8 Å². The van der Waals surface area contributed by atoms with E-state index in [2.05, 4.69) is 6.07 Å². The van der Waals surface area contributed by atoms with Gasteiger partial charge in [-0.25, -0.2) is 4.90 Å². The molecular weight excluding hydrogens is 366 g/mol. The average molecular weight is 383 g/mol. The van der Waals surface area contributed by atoms with Gasteiger partial charge >= 0.3 is 0 Å². The molecule has 0 aromatic heterocycles. The van der Waals surface area contributed by atoms with E-state index in [1.54, 1.807) is 24.3 Å². The second kappa shape index (κ2) is 6.14. The van der Waals surface area contributed by atoms with Crippen molar-refractivity contribution in [3.8, 4) is 6.07 Å². The van der Waals surface area contributed by atoms with Gasteiger partial charge in [0, 0.05) is 11.8 Å². The molecule has 0 radical (unpaired) electrons. The molecule has 2 aromatic rings. The lowest BCUT2D eigenvalue weighted by atomic mass is 9.85. The number of hydrogen-bond acceptors (Lipinski definition) is 5. The molecule has 0 aliphatic carbocycles. The fraction of sp³-hybridized carbons (Fsp3) is 0.217. The molecule has 4 atom stereocenters. The minimum Gasteiger partial charge on any atom is -0.353 e. The molecule has 3 aliphatic rings. The summed E-state index contributed by atoms with van der Waals surface area (Å²) >= 11 is 0. The number of carbonyl (C=O) groups excluding carboxylic acids is 3. The Morgan fingerprint density at radius 1 is 1.00 bits per heavy atom. The van der Waals surface area contributed by atoms with E-state index in [4.69, 9.17) is 0 Å². The van der Waals surface area contributed by atoms with E-state index in [-0.39, 0.29) is 23.6 Å². The third kappa shape index (κ3) is 2.31. The first-order chi connectivity index (χ1) is 14.0. The van der Waals surface area contributed by atoms with Crippen molar-refractivity contribution in [1.29, 1.82) is 5.26 Å². The van der Waals surface area contributed by atoms with E-state index < -0.39 is 17.9 Å². The number of imide groups is 1. The summed E-state index contributed by atoms with van der Waals surface area (Å²) in [7, 11) is 0. The molecule has 6 nitrogen and oxygen atoms in total. The molecule has 3 aliphatic heterocycles. The molecule has 0 unspecified atom stereocenters. The van der Waals surface area contributed by atoms with Crippen LogP contribution in [0.4, 0.5) is 5.69 Å². The number of Topliss-reactive ketones (excluding diaryl/α,β-unsaturated/α-hetero) is 1. The maximum atomic E-state index is 13.4. The van der Waals surface area contributed by atoms with Crippen molar-refractivity contribution < 1.29 is 14.4 Å². The first-order valence-corrected chi connectivity index (χ1v) is 9.46. The van der Waals surface area contributed by atoms with Gasteiger partial charge in [-0.2, -0.15) is 5.26 Å². The van der Waals surface area contributed by atoms with Crippen LogP contribution in [0.5, 0.6) is 0 Å². The predicted octanol–water partition coefficient (Wildman–Crippen LogP) is 2.93. The van der Waals surface area contributed by atoms with Crippen LogP contribution < -0.4 is 4.90 Å². The highest BCUT2D eigenvalue weighted by Gasteiger charge is 2.63. The Morgan fingerprint density at radius 3 is 2.38 bits per heavy atom. The summed E-state index contributed by atoms with van der Waals surface area (Å²) in [5, 5.41) is 9.81. The van der Waals surface area contributed by atoms with Crippen LogP contribution in [-0.2, 0) is 9.59 Å². The van der Waals surface area contributed by atoms with Gasteiger partial charge in [0.1, 0.15) is 6.04 Å². The second-order valence-electron chi connectivity index (χ2n) is 7.58. The fourth-order valence-electron chi connectivity index (χ4n) is 4.81. The van der Waals surface area contributed by atoms with Gasteiger partial charge in [0.05, 0.1) is 29.6 Å². The number of amides is 2. The third-order valence-corrected chi connectivity index (χ3v) is 6.13. The van der Waals surface area contributed by atoms with Crippen LogP contribution in [0.25, 0.3) is 6.08 Å². The normalized spacial score (nSPS) is 26.8. The number of ketones is 1. The number of anilines is 1. The maximum Gasteiger partial charge on any atom is 0.240 e. The predicted molar refractivity (Wildman–Crippen MR) is 105 cm³/mol. The zero-order valence-corrected chi connectivity index (χ0v) is 15.6. The Morgan fingerprint density at radius 2 is 1.69 bits per heavy atom. The van der Waals surface area contributed by atoms with E-state index in [1.807, 2.05) is 41.4 Å². The van der Waals surface area contributed by atoms with Crippen molar-refractivity contribution in [2.24, 2.45) is 11.8 Å². The molecule has 3 heterocycles. The fourth-order valence-corrected chi connectivity index (χ4v) is 4.81.